The maximum atomic E-state index is 14.0. The summed E-state index contributed by atoms with van der Waals surface area (Å²) >= 11 is 0. The molecule has 5 heteroatoms. The van der Waals surface area contributed by atoms with Crippen LogP contribution in [0, 0.1) is 5.82 Å². The van der Waals surface area contributed by atoms with Crippen LogP contribution in [0.3, 0.4) is 0 Å². The Hall–Kier alpha value is -1.34. The van der Waals surface area contributed by atoms with Gasteiger partial charge in [-0.05, 0) is 51.4 Å². The average Bonchev–Trinajstić information content (AvgIpc) is 2.24. The van der Waals surface area contributed by atoms with Crippen LogP contribution in [0.5, 0.6) is 0 Å². The summed E-state index contributed by atoms with van der Waals surface area (Å²) in [5.74, 6) is 0.712. The molecular formula is C16H25FO2Si2. The number of rotatable bonds is 6. The molecule has 0 aromatic heterocycles. The molecule has 21 heavy (non-hydrogen) atoms. The highest BCUT2D eigenvalue weighted by Gasteiger charge is 2.22. The maximum absolute atomic E-state index is 14.0. The van der Waals surface area contributed by atoms with E-state index in [-0.39, 0.29) is 5.82 Å². The lowest BCUT2D eigenvalue weighted by molar-refractivity contribution is 0.438. The van der Waals surface area contributed by atoms with Crippen molar-refractivity contribution in [3.8, 4) is 0 Å². The average molecular weight is 325 g/mol. The lowest BCUT2D eigenvalue weighted by atomic mass is 10.1. The van der Waals surface area contributed by atoms with Gasteiger partial charge in [-0.25, -0.2) is 4.39 Å². The molecule has 116 valence electrons. The molecule has 0 saturated carbocycles. The fraction of sp³-hybridized carbons (Fsp3) is 0.375. The van der Waals surface area contributed by atoms with Crippen molar-refractivity contribution < 1.29 is 13.2 Å². The van der Waals surface area contributed by atoms with Gasteiger partial charge in [0.1, 0.15) is 11.6 Å². The molecule has 0 bridgehead atoms. The smallest absolute Gasteiger partial charge is 0.242 e. The second-order valence-electron chi connectivity index (χ2n) is 6.88. The molecule has 0 spiro atoms. The highest BCUT2D eigenvalue weighted by Crippen LogP contribution is 2.25. The van der Waals surface area contributed by atoms with E-state index in [1.807, 2.05) is 0 Å². The van der Waals surface area contributed by atoms with Gasteiger partial charge >= 0.3 is 0 Å². The Bertz CT molecular complexity index is 540. The van der Waals surface area contributed by atoms with Gasteiger partial charge in [0.15, 0.2) is 0 Å². The van der Waals surface area contributed by atoms with Crippen molar-refractivity contribution in [1.82, 2.24) is 0 Å². The van der Waals surface area contributed by atoms with Crippen molar-refractivity contribution in [2.75, 3.05) is 0 Å². The first-order valence-corrected chi connectivity index (χ1v) is 13.8. The lowest BCUT2D eigenvalue weighted by Gasteiger charge is -2.24. The quantitative estimate of drug-likeness (QED) is 0.397. The second kappa shape index (κ2) is 6.62. The van der Waals surface area contributed by atoms with Crippen LogP contribution in [0.25, 0.3) is 5.76 Å². The van der Waals surface area contributed by atoms with Crippen LogP contribution in [-0.4, -0.2) is 16.6 Å². The molecule has 1 aromatic rings. The highest BCUT2D eigenvalue weighted by atomic mass is 28.4. The third-order valence-electron chi connectivity index (χ3n) is 2.28. The van der Waals surface area contributed by atoms with Crippen LogP contribution in [0.1, 0.15) is 5.56 Å². The summed E-state index contributed by atoms with van der Waals surface area (Å²) in [6.07, 6.45) is 1.70. The molecule has 0 unspecified atom stereocenters. The van der Waals surface area contributed by atoms with Gasteiger partial charge in [0.25, 0.3) is 0 Å². The summed E-state index contributed by atoms with van der Waals surface area (Å²) in [7, 11) is -3.61. The van der Waals surface area contributed by atoms with E-state index >= 15 is 0 Å². The molecule has 1 aromatic carbocycles. The van der Waals surface area contributed by atoms with Gasteiger partial charge in [-0.2, -0.15) is 0 Å². The van der Waals surface area contributed by atoms with E-state index < -0.39 is 16.6 Å². The first kappa shape index (κ1) is 17.7. The summed E-state index contributed by atoms with van der Waals surface area (Å²) in [5.41, 5.74) is 0.445. The number of benzene rings is 1. The van der Waals surface area contributed by atoms with Gasteiger partial charge in [-0.3, -0.25) is 0 Å². The van der Waals surface area contributed by atoms with Crippen molar-refractivity contribution in [3.63, 3.8) is 0 Å². The van der Waals surface area contributed by atoms with Gasteiger partial charge < -0.3 is 8.85 Å². The van der Waals surface area contributed by atoms with Gasteiger partial charge in [-0.1, -0.05) is 18.7 Å². The van der Waals surface area contributed by atoms with E-state index in [0.717, 1.165) is 0 Å². The van der Waals surface area contributed by atoms with Crippen LogP contribution < -0.4 is 0 Å². The third kappa shape index (κ3) is 6.77. The number of hydrogen-bond acceptors (Lipinski definition) is 2. The van der Waals surface area contributed by atoms with Gasteiger partial charge in [0.2, 0.25) is 16.6 Å². The molecule has 0 amide bonds. The van der Waals surface area contributed by atoms with Gasteiger partial charge in [0.05, 0.1) is 11.3 Å². The van der Waals surface area contributed by atoms with Crippen LogP contribution in [0.4, 0.5) is 4.39 Å². The summed E-state index contributed by atoms with van der Waals surface area (Å²) in [4.78, 5) is 0. The Balaban J connectivity index is 3.15. The molecule has 0 aliphatic heterocycles. The van der Waals surface area contributed by atoms with E-state index in [1.165, 1.54) is 6.07 Å². The molecule has 0 N–H and O–H groups in total. The molecule has 1 rings (SSSR count). The summed E-state index contributed by atoms with van der Waals surface area (Å²) in [6, 6.07) is 6.60. The third-order valence-corrected chi connectivity index (χ3v) is 3.99. The zero-order valence-electron chi connectivity index (χ0n) is 13.8. The van der Waals surface area contributed by atoms with Crippen LogP contribution in [0.15, 0.2) is 42.7 Å². The zero-order valence-corrected chi connectivity index (χ0v) is 15.8. The van der Waals surface area contributed by atoms with Crippen molar-refractivity contribution in [2.45, 2.75) is 39.3 Å². The molecule has 0 saturated heterocycles. The SMILES string of the molecule is C=C(/C=C(\O[Si](C)(C)C)c1ccccc1F)O[Si](C)(C)C. The van der Waals surface area contributed by atoms with Gasteiger partial charge in [-0.15, -0.1) is 0 Å². The van der Waals surface area contributed by atoms with Gasteiger partial charge in [0, 0.05) is 6.08 Å². The zero-order chi connectivity index (χ0) is 16.3. The Morgan fingerprint density at radius 3 is 2.00 bits per heavy atom. The molecule has 0 radical (unpaired) electrons. The molecule has 2 nitrogen and oxygen atoms in total. The first-order chi connectivity index (χ1) is 9.48. The van der Waals surface area contributed by atoms with E-state index in [0.29, 0.717) is 17.1 Å². The standard InChI is InChI=1S/C16H25FO2Si2/c1-13(18-20(2,3)4)12-16(19-21(5,6)7)14-10-8-9-11-15(14)17/h8-12H,1H2,2-7H3/b16-12-. The molecule has 0 aliphatic carbocycles. The van der Waals surface area contributed by atoms with E-state index in [1.54, 1.807) is 24.3 Å². The van der Waals surface area contributed by atoms with Crippen LogP contribution in [0.2, 0.25) is 39.3 Å². The van der Waals surface area contributed by atoms with Crippen molar-refractivity contribution >= 4 is 22.4 Å². The van der Waals surface area contributed by atoms with E-state index in [4.69, 9.17) is 8.85 Å². The van der Waals surface area contributed by atoms with Crippen molar-refractivity contribution in [3.05, 3.63) is 54.1 Å². The Morgan fingerprint density at radius 1 is 1.00 bits per heavy atom. The normalized spacial score (nSPS) is 13.0. The lowest BCUT2D eigenvalue weighted by Crippen LogP contribution is -2.26. The monoisotopic (exact) mass is 324 g/mol. The van der Waals surface area contributed by atoms with Crippen LogP contribution in [-0.2, 0) is 8.85 Å². The Labute approximate surface area is 129 Å². The fourth-order valence-corrected chi connectivity index (χ4v) is 3.40. The van der Waals surface area contributed by atoms with Crippen molar-refractivity contribution in [2.24, 2.45) is 0 Å². The minimum atomic E-state index is -1.87. The second-order valence-corrected chi connectivity index (χ2v) is 15.7. The number of halogens is 1. The molecule has 0 heterocycles. The molecule has 0 fully saturated rings. The number of allylic oxidation sites excluding steroid dienone is 1. The maximum Gasteiger partial charge on any atom is 0.242 e. The Kier molecular flexibility index (Phi) is 5.58. The van der Waals surface area contributed by atoms with E-state index in [9.17, 15) is 4.39 Å². The van der Waals surface area contributed by atoms with E-state index in [2.05, 4.69) is 45.9 Å². The topological polar surface area (TPSA) is 18.5 Å². The highest BCUT2D eigenvalue weighted by molar-refractivity contribution is 6.70. The summed E-state index contributed by atoms with van der Waals surface area (Å²) in [5, 5.41) is 0. The van der Waals surface area contributed by atoms with Crippen LogP contribution >= 0.6 is 0 Å². The predicted molar refractivity (Wildman–Crippen MR) is 92.4 cm³/mol. The first-order valence-electron chi connectivity index (χ1n) is 7.01. The number of hydrogen-bond donors (Lipinski definition) is 0. The minimum Gasteiger partial charge on any atom is -0.545 e. The molecular weight excluding hydrogens is 299 g/mol. The Morgan fingerprint density at radius 2 is 1.52 bits per heavy atom. The largest absolute Gasteiger partial charge is 0.545 e. The summed E-state index contributed by atoms with van der Waals surface area (Å²) in [6.45, 7) is 16.3. The molecule has 0 aliphatic rings. The summed E-state index contributed by atoms with van der Waals surface area (Å²) < 4.78 is 25.9. The minimum absolute atomic E-state index is 0.303. The fourth-order valence-electron chi connectivity index (χ4n) is 1.72. The molecule has 0 atom stereocenters. The van der Waals surface area contributed by atoms with Crippen molar-refractivity contribution in [1.29, 1.82) is 0 Å². The predicted octanol–water partition coefficient (Wildman–Crippen LogP) is 5.38.